The van der Waals surface area contributed by atoms with Crippen LogP contribution in [0.4, 0.5) is 0 Å². The quantitative estimate of drug-likeness (QED) is 0.430. The van der Waals surface area contributed by atoms with Crippen molar-refractivity contribution in [3.63, 3.8) is 0 Å². The summed E-state index contributed by atoms with van der Waals surface area (Å²) in [5.74, 6) is -0.686. The first-order chi connectivity index (χ1) is 13.9. The Bertz CT molecular complexity index is 876. The predicted octanol–water partition coefficient (Wildman–Crippen LogP) is -1.11. The summed E-state index contributed by atoms with van der Waals surface area (Å²) in [7, 11) is -4.59. The van der Waals surface area contributed by atoms with Crippen LogP contribution in [0.15, 0.2) is 17.6 Å². The molecule has 1 amide bonds. The fourth-order valence-corrected chi connectivity index (χ4v) is 4.95. The third kappa shape index (κ3) is 4.24. The molecular weight excluding hydrogens is 413 g/mol. The minimum absolute atomic E-state index is 0.0828. The van der Waals surface area contributed by atoms with E-state index in [1.807, 2.05) is 27.7 Å². The Labute approximate surface area is 176 Å². The first-order valence-electron chi connectivity index (χ1n) is 9.88. The highest BCUT2D eigenvalue weighted by molar-refractivity contribution is 7.91. The van der Waals surface area contributed by atoms with Crippen LogP contribution in [0.25, 0.3) is 0 Å². The molecule has 0 saturated carbocycles. The number of nitrogens with zero attached hydrogens (tertiary/aromatic N) is 3. The zero-order chi connectivity index (χ0) is 22.3. The molecule has 3 rings (SSSR count). The maximum Gasteiger partial charge on any atom is 0.498 e. The number of hydrogen-bond donors (Lipinski definition) is 2. The van der Waals surface area contributed by atoms with Gasteiger partial charge in [0, 0.05) is 30.9 Å². The number of likely N-dealkylation sites (tertiary alicyclic amines) is 1. The molecule has 2 aliphatic rings. The number of aromatic nitrogens is 2. The number of carbonyl (C=O) groups is 1. The summed E-state index contributed by atoms with van der Waals surface area (Å²) in [5, 5.41) is 17.3. The van der Waals surface area contributed by atoms with Gasteiger partial charge in [0.2, 0.25) is 15.0 Å². The zero-order valence-corrected chi connectivity index (χ0v) is 18.4. The second-order valence-electron chi connectivity index (χ2n) is 8.68. The van der Waals surface area contributed by atoms with Gasteiger partial charge >= 0.3 is 7.12 Å². The molecular formula is C18H28BN3O7S. The minimum atomic E-state index is -3.89. The van der Waals surface area contributed by atoms with Crippen LogP contribution in [0.3, 0.4) is 0 Å². The predicted molar refractivity (Wildman–Crippen MR) is 108 cm³/mol. The van der Waals surface area contributed by atoms with Gasteiger partial charge in [0.05, 0.1) is 23.1 Å². The Kier molecular flexibility index (Phi) is 6.27. The van der Waals surface area contributed by atoms with Gasteiger partial charge in [-0.25, -0.2) is 18.4 Å². The van der Waals surface area contributed by atoms with Gasteiger partial charge in [0.15, 0.2) is 6.10 Å². The van der Waals surface area contributed by atoms with Crippen LogP contribution in [0.5, 0.6) is 0 Å². The summed E-state index contributed by atoms with van der Waals surface area (Å²) < 4.78 is 37.8. The summed E-state index contributed by atoms with van der Waals surface area (Å²) in [4.78, 5) is 21.4. The lowest BCUT2D eigenvalue weighted by Gasteiger charge is -2.33. The molecule has 2 aliphatic heterocycles. The van der Waals surface area contributed by atoms with E-state index < -0.39 is 52.0 Å². The molecule has 0 aliphatic carbocycles. The number of sulfone groups is 1. The molecule has 2 saturated heterocycles. The maximum atomic E-state index is 13.0. The smallest absolute Gasteiger partial charge is 0.399 e. The van der Waals surface area contributed by atoms with Crippen molar-refractivity contribution >= 4 is 28.3 Å². The van der Waals surface area contributed by atoms with E-state index in [0.717, 1.165) is 0 Å². The average molecular weight is 441 g/mol. The highest BCUT2D eigenvalue weighted by Gasteiger charge is 2.52. The molecule has 0 radical (unpaired) electrons. The van der Waals surface area contributed by atoms with E-state index in [4.69, 9.17) is 14.4 Å². The highest BCUT2D eigenvalue weighted by atomic mass is 32.2. The van der Waals surface area contributed by atoms with Crippen molar-refractivity contribution < 1.29 is 32.7 Å². The minimum Gasteiger partial charge on any atom is -0.399 e. The molecule has 2 fully saturated rings. The average Bonchev–Trinajstić information content (AvgIpc) is 2.94. The Hall–Kier alpha value is -1.60. The largest absolute Gasteiger partial charge is 0.498 e. The molecule has 30 heavy (non-hydrogen) atoms. The Morgan fingerprint density at radius 1 is 1.27 bits per heavy atom. The van der Waals surface area contributed by atoms with E-state index in [1.54, 1.807) is 0 Å². The third-order valence-electron chi connectivity index (χ3n) is 6.01. The SMILES string of the molecule is CC1(C)OB(c2cnc(S(=O)(=O)[C@@H]3CCCN(C(=O)[C@@H](O)CO)C3)nc2)OC1(C)C. The lowest BCUT2D eigenvalue weighted by molar-refractivity contribution is -0.142. The number of hydrogen-bond acceptors (Lipinski definition) is 9. The number of aliphatic hydroxyl groups excluding tert-OH is 2. The summed E-state index contributed by atoms with van der Waals surface area (Å²) in [5.41, 5.74) is -0.571. The fraction of sp³-hybridized carbons (Fsp3) is 0.722. The van der Waals surface area contributed by atoms with Crippen molar-refractivity contribution in [3.8, 4) is 0 Å². The fourth-order valence-electron chi connectivity index (χ4n) is 3.40. The van der Waals surface area contributed by atoms with E-state index in [-0.39, 0.29) is 11.7 Å². The molecule has 2 atom stereocenters. The highest BCUT2D eigenvalue weighted by Crippen LogP contribution is 2.36. The van der Waals surface area contributed by atoms with Gasteiger partial charge < -0.3 is 24.4 Å². The monoisotopic (exact) mass is 441 g/mol. The maximum absolute atomic E-state index is 13.0. The van der Waals surface area contributed by atoms with Gasteiger partial charge in [0.1, 0.15) is 0 Å². The summed E-state index contributed by atoms with van der Waals surface area (Å²) in [6.07, 6.45) is 2.01. The van der Waals surface area contributed by atoms with E-state index in [0.29, 0.717) is 24.8 Å². The van der Waals surface area contributed by atoms with Crippen LogP contribution in [0, 0.1) is 0 Å². The van der Waals surface area contributed by atoms with Crippen molar-refractivity contribution in [1.29, 1.82) is 0 Å². The Morgan fingerprint density at radius 3 is 2.37 bits per heavy atom. The Morgan fingerprint density at radius 2 is 1.83 bits per heavy atom. The topological polar surface area (TPSA) is 139 Å². The van der Waals surface area contributed by atoms with Crippen LogP contribution >= 0.6 is 0 Å². The third-order valence-corrected chi connectivity index (χ3v) is 8.00. The van der Waals surface area contributed by atoms with E-state index in [1.165, 1.54) is 17.3 Å². The number of piperidine rings is 1. The van der Waals surface area contributed by atoms with Gasteiger partial charge in [-0.2, -0.15) is 0 Å². The van der Waals surface area contributed by atoms with E-state index >= 15 is 0 Å². The van der Waals surface area contributed by atoms with Gasteiger partial charge in [-0.1, -0.05) is 0 Å². The van der Waals surface area contributed by atoms with Gasteiger partial charge in [-0.05, 0) is 40.5 Å². The van der Waals surface area contributed by atoms with Crippen LogP contribution < -0.4 is 5.46 Å². The molecule has 0 bridgehead atoms. The van der Waals surface area contributed by atoms with Gasteiger partial charge in [-0.15, -0.1) is 0 Å². The first kappa shape index (κ1) is 23.1. The van der Waals surface area contributed by atoms with Crippen molar-refractivity contribution in [2.24, 2.45) is 0 Å². The number of rotatable bonds is 5. The molecule has 0 unspecified atom stereocenters. The lowest BCUT2D eigenvalue weighted by Crippen LogP contribution is -2.49. The van der Waals surface area contributed by atoms with Crippen LogP contribution in [0.1, 0.15) is 40.5 Å². The summed E-state index contributed by atoms with van der Waals surface area (Å²) in [6, 6.07) is 0. The molecule has 12 heteroatoms. The number of amides is 1. The van der Waals surface area contributed by atoms with Crippen molar-refractivity contribution in [1.82, 2.24) is 14.9 Å². The van der Waals surface area contributed by atoms with Crippen LogP contribution in [0.2, 0.25) is 0 Å². The van der Waals surface area contributed by atoms with Crippen molar-refractivity contribution in [2.45, 2.75) is 68.2 Å². The molecule has 166 valence electrons. The molecule has 2 N–H and O–H groups in total. The van der Waals surface area contributed by atoms with Gasteiger partial charge in [-0.3, -0.25) is 4.79 Å². The summed E-state index contributed by atoms with van der Waals surface area (Å²) in [6.45, 7) is 7.18. The lowest BCUT2D eigenvalue weighted by atomic mass is 9.81. The molecule has 1 aromatic rings. The van der Waals surface area contributed by atoms with Crippen LogP contribution in [-0.2, 0) is 23.9 Å². The van der Waals surface area contributed by atoms with Gasteiger partial charge in [0.25, 0.3) is 5.91 Å². The second kappa shape index (κ2) is 8.15. The normalized spacial score (nSPS) is 24.7. The Balaban J connectivity index is 1.75. The molecule has 10 nitrogen and oxygen atoms in total. The van der Waals surface area contributed by atoms with E-state index in [2.05, 4.69) is 9.97 Å². The molecule has 3 heterocycles. The number of aliphatic hydroxyl groups is 2. The first-order valence-corrected chi connectivity index (χ1v) is 11.4. The molecule has 1 aromatic heterocycles. The standard InChI is InChI=1S/C18H28BN3O7S/c1-17(2)18(3,4)29-19(28-17)12-8-20-16(21-9-12)30(26,27)13-6-5-7-22(10-13)15(25)14(24)11-23/h8-9,13-14,23-24H,5-7,10-11H2,1-4H3/t13-,14+/m1/s1. The van der Waals surface area contributed by atoms with Crippen LogP contribution in [-0.4, -0.2) is 88.8 Å². The van der Waals surface area contributed by atoms with E-state index in [9.17, 15) is 18.3 Å². The van der Waals surface area contributed by atoms with Crippen molar-refractivity contribution in [3.05, 3.63) is 12.4 Å². The molecule has 0 spiro atoms. The zero-order valence-electron chi connectivity index (χ0n) is 17.6. The number of carbonyl (C=O) groups excluding carboxylic acids is 1. The van der Waals surface area contributed by atoms with Crippen molar-refractivity contribution in [2.75, 3.05) is 19.7 Å². The summed E-state index contributed by atoms with van der Waals surface area (Å²) >= 11 is 0. The molecule has 0 aromatic carbocycles. The second-order valence-corrected chi connectivity index (χ2v) is 10.8.